The Morgan fingerprint density at radius 3 is 2.24 bits per heavy atom. The van der Waals surface area contributed by atoms with Crippen LogP contribution in [0.2, 0.25) is 0 Å². The second-order valence-corrected chi connectivity index (χ2v) is 9.88. The van der Waals surface area contributed by atoms with Gasteiger partial charge in [0.05, 0.1) is 27.7 Å². The summed E-state index contributed by atoms with van der Waals surface area (Å²) in [6.07, 6.45) is 0. The molecule has 33 heavy (non-hydrogen) atoms. The SMILES string of the molecule is Cc1ccc(S(=O)(=O)N(C)c2ccc(C(=O)N[C@@H](C)c3ccc4[nH]c(=O)[nH]c4c3)cc2)cc1. The lowest BCUT2D eigenvalue weighted by atomic mass is 10.1. The van der Waals surface area contributed by atoms with E-state index in [2.05, 4.69) is 15.3 Å². The van der Waals surface area contributed by atoms with Crippen LogP contribution in [0.3, 0.4) is 0 Å². The Balaban J connectivity index is 1.48. The highest BCUT2D eigenvalue weighted by molar-refractivity contribution is 7.92. The second kappa shape index (κ2) is 8.59. The number of aromatic amines is 2. The van der Waals surface area contributed by atoms with Gasteiger partial charge in [-0.15, -0.1) is 0 Å². The highest BCUT2D eigenvalue weighted by Crippen LogP contribution is 2.23. The van der Waals surface area contributed by atoms with E-state index in [0.29, 0.717) is 22.3 Å². The smallest absolute Gasteiger partial charge is 0.323 e. The van der Waals surface area contributed by atoms with Crippen molar-refractivity contribution in [1.29, 1.82) is 0 Å². The summed E-state index contributed by atoms with van der Waals surface area (Å²) in [5, 5.41) is 2.92. The molecule has 0 bridgehead atoms. The summed E-state index contributed by atoms with van der Waals surface area (Å²) in [5.41, 5.74) is 3.75. The number of carbonyl (C=O) groups excluding carboxylic acids is 1. The molecular weight excluding hydrogens is 440 g/mol. The molecule has 1 aromatic heterocycles. The van der Waals surface area contributed by atoms with Crippen LogP contribution in [0.15, 0.2) is 76.4 Å². The van der Waals surface area contributed by atoms with Crippen LogP contribution in [0, 0.1) is 6.92 Å². The first-order valence-corrected chi connectivity index (χ1v) is 11.8. The molecule has 0 aliphatic carbocycles. The van der Waals surface area contributed by atoms with Crippen LogP contribution in [0.5, 0.6) is 0 Å². The first-order valence-electron chi connectivity index (χ1n) is 10.3. The van der Waals surface area contributed by atoms with Gasteiger partial charge in [0, 0.05) is 12.6 Å². The van der Waals surface area contributed by atoms with Crippen molar-refractivity contribution in [2.45, 2.75) is 24.8 Å². The van der Waals surface area contributed by atoms with Gasteiger partial charge in [0.25, 0.3) is 15.9 Å². The van der Waals surface area contributed by atoms with Gasteiger partial charge in [-0.3, -0.25) is 9.10 Å². The quantitative estimate of drug-likeness (QED) is 0.405. The van der Waals surface area contributed by atoms with E-state index < -0.39 is 10.0 Å². The molecule has 1 amide bonds. The van der Waals surface area contributed by atoms with E-state index in [0.717, 1.165) is 11.1 Å². The minimum absolute atomic E-state index is 0.201. The number of sulfonamides is 1. The van der Waals surface area contributed by atoms with Gasteiger partial charge in [0.15, 0.2) is 0 Å². The van der Waals surface area contributed by atoms with Gasteiger partial charge in [0.2, 0.25) is 0 Å². The third kappa shape index (κ3) is 4.54. The standard InChI is InChI=1S/C24H24N4O4S/c1-15-4-11-20(12-5-15)33(31,32)28(3)19-9-6-17(7-10-19)23(29)25-16(2)18-8-13-21-22(14-18)27-24(30)26-21/h4-14,16H,1-3H3,(H,25,29)(H2,26,27,30)/t16-/m0/s1. The molecule has 9 heteroatoms. The summed E-state index contributed by atoms with van der Waals surface area (Å²) >= 11 is 0. The van der Waals surface area contributed by atoms with E-state index >= 15 is 0 Å². The minimum Gasteiger partial charge on any atom is -0.346 e. The number of benzene rings is 3. The molecule has 8 nitrogen and oxygen atoms in total. The van der Waals surface area contributed by atoms with Gasteiger partial charge in [-0.25, -0.2) is 13.2 Å². The molecule has 0 saturated heterocycles. The molecule has 0 fully saturated rings. The van der Waals surface area contributed by atoms with Gasteiger partial charge < -0.3 is 15.3 Å². The van der Waals surface area contributed by atoms with Gasteiger partial charge in [-0.05, 0) is 67.9 Å². The Morgan fingerprint density at radius 2 is 1.58 bits per heavy atom. The highest BCUT2D eigenvalue weighted by Gasteiger charge is 2.21. The predicted molar refractivity (Wildman–Crippen MR) is 128 cm³/mol. The molecule has 0 radical (unpaired) electrons. The summed E-state index contributed by atoms with van der Waals surface area (Å²) in [4.78, 5) is 29.8. The Morgan fingerprint density at radius 1 is 0.939 bits per heavy atom. The fraction of sp³-hybridized carbons (Fsp3) is 0.167. The van der Waals surface area contributed by atoms with Gasteiger partial charge in [0.1, 0.15) is 0 Å². The molecule has 3 aromatic carbocycles. The monoisotopic (exact) mass is 464 g/mol. The lowest BCUT2D eigenvalue weighted by Gasteiger charge is -2.20. The number of amides is 1. The first kappa shape index (κ1) is 22.3. The molecule has 1 heterocycles. The Labute approximate surface area is 191 Å². The van der Waals surface area contributed by atoms with Crippen molar-refractivity contribution < 1.29 is 13.2 Å². The van der Waals surface area contributed by atoms with E-state index in [1.54, 1.807) is 54.6 Å². The van der Waals surface area contributed by atoms with Crippen molar-refractivity contribution in [2.24, 2.45) is 0 Å². The minimum atomic E-state index is -3.71. The lowest BCUT2D eigenvalue weighted by molar-refractivity contribution is 0.0940. The second-order valence-electron chi connectivity index (χ2n) is 7.91. The van der Waals surface area contributed by atoms with E-state index in [1.165, 1.54) is 11.4 Å². The van der Waals surface area contributed by atoms with E-state index in [1.807, 2.05) is 26.0 Å². The molecule has 0 spiro atoms. The summed E-state index contributed by atoms with van der Waals surface area (Å²) in [5.74, 6) is -0.291. The zero-order valence-electron chi connectivity index (χ0n) is 18.4. The molecule has 1 atom stereocenters. The fourth-order valence-electron chi connectivity index (χ4n) is 3.51. The van der Waals surface area contributed by atoms with Crippen LogP contribution >= 0.6 is 0 Å². The Bertz CT molecular complexity index is 1470. The number of fused-ring (bicyclic) bond motifs is 1. The average molecular weight is 465 g/mol. The number of imidazole rings is 1. The van der Waals surface area contributed by atoms with Crippen molar-refractivity contribution in [3.8, 4) is 0 Å². The van der Waals surface area contributed by atoms with E-state index in [9.17, 15) is 18.0 Å². The molecule has 170 valence electrons. The fourth-order valence-corrected chi connectivity index (χ4v) is 4.71. The van der Waals surface area contributed by atoms with Crippen LogP contribution < -0.4 is 15.3 Å². The number of rotatable bonds is 6. The number of hydrogen-bond acceptors (Lipinski definition) is 4. The van der Waals surface area contributed by atoms with Crippen LogP contribution in [-0.2, 0) is 10.0 Å². The van der Waals surface area contributed by atoms with Crippen molar-refractivity contribution in [1.82, 2.24) is 15.3 Å². The number of aryl methyl sites for hydroxylation is 1. The molecule has 3 N–H and O–H groups in total. The Kier molecular flexibility index (Phi) is 5.82. The highest BCUT2D eigenvalue weighted by atomic mass is 32.2. The van der Waals surface area contributed by atoms with Gasteiger partial charge in [-0.2, -0.15) is 0 Å². The lowest BCUT2D eigenvalue weighted by Crippen LogP contribution is -2.28. The maximum absolute atomic E-state index is 12.9. The van der Waals surface area contributed by atoms with E-state index in [-0.39, 0.29) is 22.5 Å². The number of aromatic nitrogens is 2. The number of H-pyrrole nitrogens is 2. The van der Waals surface area contributed by atoms with Crippen LogP contribution in [0.4, 0.5) is 5.69 Å². The van der Waals surface area contributed by atoms with Crippen molar-refractivity contribution in [2.75, 3.05) is 11.4 Å². The molecule has 4 rings (SSSR count). The third-order valence-corrected chi connectivity index (χ3v) is 7.36. The number of nitrogens with one attached hydrogen (secondary N) is 3. The largest absolute Gasteiger partial charge is 0.346 e. The predicted octanol–water partition coefficient (Wildman–Crippen LogP) is 3.48. The maximum Gasteiger partial charge on any atom is 0.323 e. The molecule has 0 aliphatic rings. The first-order chi connectivity index (χ1) is 15.6. The average Bonchev–Trinajstić information content (AvgIpc) is 3.18. The summed E-state index contributed by atoms with van der Waals surface area (Å²) in [6, 6.07) is 18.2. The summed E-state index contributed by atoms with van der Waals surface area (Å²) < 4.78 is 27.0. The molecule has 4 aromatic rings. The molecule has 0 unspecified atom stereocenters. The van der Waals surface area contributed by atoms with Crippen LogP contribution in [0.1, 0.15) is 34.5 Å². The van der Waals surface area contributed by atoms with Gasteiger partial charge in [-0.1, -0.05) is 23.8 Å². The van der Waals surface area contributed by atoms with Crippen molar-refractivity contribution in [3.05, 3.63) is 93.9 Å². The van der Waals surface area contributed by atoms with Crippen LogP contribution in [0.25, 0.3) is 11.0 Å². The zero-order valence-corrected chi connectivity index (χ0v) is 19.2. The Hall–Kier alpha value is -3.85. The number of nitrogens with zero attached hydrogens (tertiary/aromatic N) is 1. The van der Waals surface area contributed by atoms with E-state index in [4.69, 9.17) is 0 Å². The topological polar surface area (TPSA) is 115 Å². The number of anilines is 1. The molecule has 0 aliphatic heterocycles. The van der Waals surface area contributed by atoms with Crippen molar-refractivity contribution >= 4 is 32.7 Å². The molecule has 0 saturated carbocycles. The van der Waals surface area contributed by atoms with Gasteiger partial charge >= 0.3 is 5.69 Å². The normalized spacial score (nSPS) is 12.5. The van der Waals surface area contributed by atoms with Crippen molar-refractivity contribution in [3.63, 3.8) is 0 Å². The number of carbonyl (C=O) groups is 1. The zero-order chi connectivity index (χ0) is 23.8. The third-order valence-electron chi connectivity index (χ3n) is 5.56. The summed E-state index contributed by atoms with van der Waals surface area (Å²) in [7, 11) is -2.23. The maximum atomic E-state index is 12.9. The number of hydrogen-bond donors (Lipinski definition) is 3. The van der Waals surface area contributed by atoms with Crippen LogP contribution in [-0.4, -0.2) is 31.3 Å². The summed E-state index contributed by atoms with van der Waals surface area (Å²) in [6.45, 7) is 3.74. The molecular formula is C24H24N4O4S.